The third-order valence-electron chi connectivity index (χ3n) is 5.80. The van der Waals surface area contributed by atoms with Crippen molar-refractivity contribution < 1.29 is 18.0 Å². The van der Waals surface area contributed by atoms with Crippen molar-refractivity contribution >= 4 is 27.4 Å². The Bertz CT molecular complexity index is 1160. The smallest absolute Gasteiger partial charge is 0.272 e. The minimum absolute atomic E-state index is 0.0418. The van der Waals surface area contributed by atoms with E-state index in [1.54, 1.807) is 19.9 Å². The molecule has 2 N–H and O–H groups in total. The van der Waals surface area contributed by atoms with Gasteiger partial charge in [-0.3, -0.25) is 9.59 Å². The van der Waals surface area contributed by atoms with Gasteiger partial charge in [0.2, 0.25) is 10.0 Å². The molecule has 0 spiro atoms. The minimum Gasteiger partial charge on any atom is -0.354 e. The van der Waals surface area contributed by atoms with Crippen LogP contribution in [0.25, 0.3) is 0 Å². The highest BCUT2D eigenvalue weighted by molar-refractivity contribution is 7.89. The van der Waals surface area contributed by atoms with Crippen molar-refractivity contribution in [3.8, 4) is 0 Å². The fourth-order valence-electron chi connectivity index (χ4n) is 3.96. The zero-order chi connectivity index (χ0) is 22.6. The van der Waals surface area contributed by atoms with E-state index in [2.05, 4.69) is 10.3 Å². The second-order valence-corrected chi connectivity index (χ2v) is 11.2. The Hall–Kier alpha value is -2.45. The van der Waals surface area contributed by atoms with Crippen molar-refractivity contribution in [2.45, 2.75) is 52.4 Å². The fraction of sp³-hybridized carbons (Fsp3) is 0.455. The van der Waals surface area contributed by atoms with Crippen molar-refractivity contribution in [2.24, 2.45) is 5.41 Å². The second-order valence-electron chi connectivity index (χ2n) is 9.07. The zero-order valence-corrected chi connectivity index (χ0v) is 19.4. The number of aryl methyl sites for hydroxylation is 1. The third-order valence-corrected chi connectivity index (χ3v) is 7.59. The highest BCUT2D eigenvalue weighted by Gasteiger charge is 2.35. The molecule has 0 bridgehead atoms. The van der Waals surface area contributed by atoms with Gasteiger partial charge in [0.05, 0.1) is 4.90 Å². The molecule has 162 valence electrons. The number of sulfonamides is 1. The molecule has 3 rings (SSSR count). The van der Waals surface area contributed by atoms with Crippen LogP contribution in [0, 0.1) is 26.2 Å². The van der Waals surface area contributed by atoms with E-state index in [4.69, 9.17) is 0 Å². The van der Waals surface area contributed by atoms with Crippen LogP contribution in [0.15, 0.2) is 17.0 Å². The number of aromatic nitrogens is 1. The molecular formula is C22H29N3O4S. The van der Waals surface area contributed by atoms with E-state index in [9.17, 15) is 18.0 Å². The van der Waals surface area contributed by atoms with Crippen LogP contribution in [0.4, 0.5) is 5.69 Å². The van der Waals surface area contributed by atoms with Crippen molar-refractivity contribution in [1.29, 1.82) is 0 Å². The summed E-state index contributed by atoms with van der Waals surface area (Å²) in [7, 11) is -0.707. The van der Waals surface area contributed by atoms with E-state index >= 15 is 0 Å². The lowest BCUT2D eigenvalue weighted by molar-refractivity contribution is 0.0910. The number of hydrogen-bond acceptors (Lipinski definition) is 4. The number of amides is 1. The van der Waals surface area contributed by atoms with Crippen LogP contribution < -0.4 is 5.32 Å². The lowest BCUT2D eigenvalue weighted by atomic mass is 9.75. The topological polar surface area (TPSA) is 99.3 Å². The zero-order valence-electron chi connectivity index (χ0n) is 18.6. The van der Waals surface area contributed by atoms with Gasteiger partial charge in [0.1, 0.15) is 5.69 Å². The van der Waals surface area contributed by atoms with Gasteiger partial charge in [-0.2, -0.15) is 0 Å². The molecule has 30 heavy (non-hydrogen) atoms. The summed E-state index contributed by atoms with van der Waals surface area (Å²) in [6.45, 7) is 9.47. The molecule has 0 radical (unpaired) electrons. The monoisotopic (exact) mass is 431 g/mol. The van der Waals surface area contributed by atoms with Crippen LogP contribution in [-0.2, 0) is 16.4 Å². The molecule has 1 amide bonds. The van der Waals surface area contributed by atoms with Gasteiger partial charge < -0.3 is 10.3 Å². The standard InChI is InChI=1S/C22H29N3O4S/c1-12-8-15(30(28,29)25(6)7)9-16(13(12)2)24-21(27)20-14(3)19-17(23-20)10-22(4,5)11-18(19)26/h8-9,23H,10-11H2,1-7H3,(H,24,27). The summed E-state index contributed by atoms with van der Waals surface area (Å²) < 4.78 is 26.3. The Kier molecular flexibility index (Phi) is 5.45. The van der Waals surface area contributed by atoms with E-state index in [1.807, 2.05) is 20.8 Å². The van der Waals surface area contributed by atoms with Crippen molar-refractivity contribution in [1.82, 2.24) is 9.29 Å². The third kappa shape index (κ3) is 3.81. The maximum atomic E-state index is 13.1. The van der Waals surface area contributed by atoms with Gasteiger partial charge in [0.15, 0.2) is 5.78 Å². The van der Waals surface area contributed by atoms with Crippen LogP contribution in [0.3, 0.4) is 0 Å². The second kappa shape index (κ2) is 7.35. The molecule has 1 heterocycles. The number of carbonyl (C=O) groups is 2. The van der Waals surface area contributed by atoms with Gasteiger partial charge in [0, 0.05) is 37.5 Å². The lowest BCUT2D eigenvalue weighted by Crippen LogP contribution is -2.26. The highest BCUT2D eigenvalue weighted by atomic mass is 32.2. The Labute approximate surface area is 177 Å². The molecule has 0 atom stereocenters. The van der Waals surface area contributed by atoms with Crippen LogP contribution in [0.2, 0.25) is 0 Å². The molecule has 0 fully saturated rings. The molecular weight excluding hydrogens is 402 g/mol. The molecule has 7 nitrogen and oxygen atoms in total. The molecule has 0 aliphatic heterocycles. The van der Waals surface area contributed by atoms with E-state index in [0.29, 0.717) is 35.3 Å². The molecule has 1 aromatic heterocycles. The van der Waals surface area contributed by atoms with Crippen LogP contribution in [0.5, 0.6) is 0 Å². The predicted octanol–water partition coefficient (Wildman–Crippen LogP) is 3.60. The first kappa shape index (κ1) is 22.2. The number of hydrogen-bond donors (Lipinski definition) is 2. The quantitative estimate of drug-likeness (QED) is 0.773. The largest absolute Gasteiger partial charge is 0.354 e. The Morgan fingerprint density at radius 3 is 2.33 bits per heavy atom. The summed E-state index contributed by atoms with van der Waals surface area (Å²) in [5.74, 6) is -0.352. The van der Waals surface area contributed by atoms with E-state index in [1.165, 1.54) is 20.2 Å². The van der Waals surface area contributed by atoms with Gasteiger partial charge in [-0.05, 0) is 61.4 Å². The maximum Gasteiger partial charge on any atom is 0.272 e. The van der Waals surface area contributed by atoms with Gasteiger partial charge in [-0.15, -0.1) is 0 Å². The lowest BCUT2D eigenvalue weighted by Gasteiger charge is -2.28. The van der Waals surface area contributed by atoms with Gasteiger partial charge >= 0.3 is 0 Å². The number of Topliss-reactive ketones (excluding diaryl/α,β-unsaturated/α-hetero) is 1. The molecule has 2 aromatic rings. The first-order valence-electron chi connectivity index (χ1n) is 9.84. The normalized spacial score (nSPS) is 15.9. The number of ketones is 1. The number of carbonyl (C=O) groups excluding carboxylic acids is 2. The van der Waals surface area contributed by atoms with Crippen molar-refractivity contribution in [3.63, 3.8) is 0 Å². The average molecular weight is 432 g/mol. The first-order valence-corrected chi connectivity index (χ1v) is 11.3. The van der Waals surface area contributed by atoms with Crippen LogP contribution in [0.1, 0.15) is 63.5 Å². The SMILES string of the molecule is Cc1cc(S(=O)(=O)N(C)C)cc(NC(=O)c2[nH]c3c(c2C)C(=O)CC(C)(C)C3)c1C. The summed E-state index contributed by atoms with van der Waals surface area (Å²) in [5, 5.41) is 2.84. The highest BCUT2D eigenvalue weighted by Crippen LogP contribution is 2.37. The van der Waals surface area contributed by atoms with Crippen LogP contribution in [-0.4, -0.2) is 43.5 Å². The first-order chi connectivity index (χ1) is 13.7. The molecule has 0 saturated heterocycles. The number of nitrogens with one attached hydrogen (secondary N) is 2. The Morgan fingerprint density at radius 2 is 1.73 bits per heavy atom. The number of nitrogens with zero attached hydrogens (tertiary/aromatic N) is 1. The van der Waals surface area contributed by atoms with Gasteiger partial charge in [0.25, 0.3) is 5.91 Å². The van der Waals surface area contributed by atoms with Gasteiger partial charge in [-0.25, -0.2) is 12.7 Å². The number of aromatic amines is 1. The number of fused-ring (bicyclic) bond motifs is 1. The number of H-pyrrole nitrogens is 1. The molecule has 0 saturated carbocycles. The molecule has 0 unspecified atom stereocenters. The summed E-state index contributed by atoms with van der Waals surface area (Å²) >= 11 is 0. The number of rotatable bonds is 4. The number of benzene rings is 1. The summed E-state index contributed by atoms with van der Waals surface area (Å²) in [5.41, 5.74) is 4.18. The molecule has 1 aliphatic carbocycles. The van der Waals surface area contributed by atoms with Crippen LogP contribution >= 0.6 is 0 Å². The average Bonchev–Trinajstić information content (AvgIpc) is 2.93. The molecule has 1 aliphatic rings. The van der Waals surface area contributed by atoms with Crippen molar-refractivity contribution in [3.05, 3.63) is 45.8 Å². The summed E-state index contributed by atoms with van der Waals surface area (Å²) in [4.78, 5) is 28.9. The molecule has 1 aromatic carbocycles. The van der Waals surface area contributed by atoms with E-state index in [0.717, 1.165) is 21.1 Å². The summed E-state index contributed by atoms with van der Waals surface area (Å²) in [6.07, 6.45) is 1.14. The van der Waals surface area contributed by atoms with E-state index < -0.39 is 15.9 Å². The number of anilines is 1. The van der Waals surface area contributed by atoms with E-state index in [-0.39, 0.29) is 16.1 Å². The maximum absolute atomic E-state index is 13.1. The minimum atomic E-state index is -3.64. The van der Waals surface area contributed by atoms with Gasteiger partial charge in [-0.1, -0.05) is 13.8 Å². The fourth-order valence-corrected chi connectivity index (χ4v) is 4.97. The summed E-state index contributed by atoms with van der Waals surface area (Å²) in [6, 6.07) is 3.07. The predicted molar refractivity (Wildman–Crippen MR) is 117 cm³/mol. The Balaban J connectivity index is 2.00. The molecule has 8 heteroatoms. The van der Waals surface area contributed by atoms with Crippen molar-refractivity contribution in [2.75, 3.05) is 19.4 Å². The Morgan fingerprint density at radius 1 is 1.10 bits per heavy atom.